The van der Waals surface area contributed by atoms with Gasteiger partial charge in [0, 0.05) is 6.54 Å². The van der Waals surface area contributed by atoms with Crippen LogP contribution in [0.15, 0.2) is 0 Å². The molecule has 0 aromatic heterocycles. The molecule has 1 N–H and O–H groups in total. The molecule has 0 spiro atoms. The summed E-state index contributed by atoms with van der Waals surface area (Å²) < 4.78 is 41.6. The lowest BCUT2D eigenvalue weighted by Gasteiger charge is -2.30. The standard InChI is InChI=1S/C10H20F3NO/c1-5-6-14-7-9(3,4)15-8(2)10(11,12)13/h8,14H,5-7H2,1-4H3. The average molecular weight is 227 g/mol. The van der Waals surface area contributed by atoms with E-state index in [1.165, 1.54) is 0 Å². The molecule has 0 fully saturated rings. The lowest BCUT2D eigenvalue weighted by atomic mass is 10.1. The summed E-state index contributed by atoms with van der Waals surface area (Å²) in [6.07, 6.45) is -5.07. The molecule has 0 aliphatic heterocycles. The van der Waals surface area contributed by atoms with Gasteiger partial charge in [0.25, 0.3) is 0 Å². The number of hydrogen-bond acceptors (Lipinski definition) is 2. The molecular formula is C10H20F3NO. The van der Waals surface area contributed by atoms with Gasteiger partial charge in [0.15, 0.2) is 6.10 Å². The Labute approximate surface area is 89.2 Å². The van der Waals surface area contributed by atoms with Crippen molar-refractivity contribution in [2.75, 3.05) is 13.1 Å². The Hall–Kier alpha value is -0.290. The van der Waals surface area contributed by atoms with Crippen molar-refractivity contribution in [2.24, 2.45) is 0 Å². The van der Waals surface area contributed by atoms with Gasteiger partial charge >= 0.3 is 6.18 Å². The van der Waals surface area contributed by atoms with Gasteiger partial charge in [0.05, 0.1) is 5.60 Å². The van der Waals surface area contributed by atoms with Crippen LogP contribution in [-0.4, -0.2) is 31.0 Å². The summed E-state index contributed by atoms with van der Waals surface area (Å²) in [6, 6.07) is 0. The third-order valence-electron chi connectivity index (χ3n) is 1.93. The first kappa shape index (κ1) is 14.7. The molecule has 0 bridgehead atoms. The molecule has 0 radical (unpaired) electrons. The molecule has 2 nitrogen and oxygen atoms in total. The SMILES string of the molecule is CCCNCC(C)(C)OC(C)C(F)(F)F. The summed E-state index contributed by atoms with van der Waals surface area (Å²) in [5.74, 6) is 0. The zero-order chi connectivity index (χ0) is 12.1. The van der Waals surface area contributed by atoms with E-state index in [0.717, 1.165) is 19.9 Å². The molecule has 0 aromatic carbocycles. The fourth-order valence-corrected chi connectivity index (χ4v) is 1.15. The van der Waals surface area contributed by atoms with E-state index in [1.807, 2.05) is 6.92 Å². The van der Waals surface area contributed by atoms with Crippen molar-refractivity contribution in [1.82, 2.24) is 5.32 Å². The zero-order valence-electron chi connectivity index (χ0n) is 9.74. The smallest absolute Gasteiger partial charge is 0.362 e. The number of nitrogens with one attached hydrogen (secondary N) is 1. The second-order valence-corrected chi connectivity index (χ2v) is 4.24. The van der Waals surface area contributed by atoms with Crippen LogP contribution in [0.5, 0.6) is 0 Å². The number of hydrogen-bond donors (Lipinski definition) is 1. The van der Waals surface area contributed by atoms with E-state index in [0.29, 0.717) is 6.54 Å². The molecule has 0 saturated heterocycles. The fraction of sp³-hybridized carbons (Fsp3) is 1.00. The Kier molecular flexibility index (Phi) is 5.59. The van der Waals surface area contributed by atoms with Gasteiger partial charge in [0.2, 0.25) is 0 Å². The van der Waals surface area contributed by atoms with Crippen LogP contribution in [0.25, 0.3) is 0 Å². The topological polar surface area (TPSA) is 21.3 Å². The second kappa shape index (κ2) is 5.70. The Bertz CT molecular complexity index is 180. The largest absolute Gasteiger partial charge is 0.414 e. The molecule has 0 aromatic rings. The van der Waals surface area contributed by atoms with Crippen molar-refractivity contribution in [3.8, 4) is 0 Å². The van der Waals surface area contributed by atoms with E-state index >= 15 is 0 Å². The van der Waals surface area contributed by atoms with Gasteiger partial charge in [-0.3, -0.25) is 0 Å². The first-order valence-electron chi connectivity index (χ1n) is 5.14. The van der Waals surface area contributed by atoms with Crippen LogP contribution >= 0.6 is 0 Å². The lowest BCUT2D eigenvalue weighted by Crippen LogP contribution is -2.44. The summed E-state index contributed by atoms with van der Waals surface area (Å²) in [5, 5.41) is 3.04. The van der Waals surface area contributed by atoms with Crippen molar-refractivity contribution in [3.05, 3.63) is 0 Å². The van der Waals surface area contributed by atoms with Gasteiger partial charge in [0.1, 0.15) is 0 Å². The molecule has 0 saturated carbocycles. The predicted octanol–water partition coefficient (Wildman–Crippen LogP) is 2.73. The highest BCUT2D eigenvalue weighted by Gasteiger charge is 2.40. The molecule has 1 unspecified atom stereocenters. The van der Waals surface area contributed by atoms with Gasteiger partial charge in [-0.15, -0.1) is 0 Å². The molecule has 0 rings (SSSR count). The van der Waals surface area contributed by atoms with Crippen LogP contribution in [0.4, 0.5) is 13.2 Å². The van der Waals surface area contributed by atoms with Crippen molar-refractivity contribution >= 4 is 0 Å². The molecule has 0 aliphatic rings. The first-order chi connectivity index (χ1) is 6.69. The Balaban J connectivity index is 4.02. The lowest BCUT2D eigenvalue weighted by molar-refractivity contribution is -0.240. The van der Waals surface area contributed by atoms with Crippen LogP contribution in [0, 0.1) is 0 Å². The Morgan fingerprint density at radius 1 is 1.27 bits per heavy atom. The van der Waals surface area contributed by atoms with E-state index in [1.54, 1.807) is 13.8 Å². The Morgan fingerprint density at radius 2 is 1.80 bits per heavy atom. The molecular weight excluding hydrogens is 207 g/mol. The van der Waals surface area contributed by atoms with E-state index < -0.39 is 17.9 Å². The third kappa shape index (κ3) is 6.73. The van der Waals surface area contributed by atoms with Gasteiger partial charge < -0.3 is 10.1 Å². The van der Waals surface area contributed by atoms with E-state index in [2.05, 4.69) is 5.32 Å². The van der Waals surface area contributed by atoms with Crippen LogP contribution in [0.2, 0.25) is 0 Å². The second-order valence-electron chi connectivity index (χ2n) is 4.24. The molecule has 5 heteroatoms. The van der Waals surface area contributed by atoms with Crippen LogP contribution in [0.3, 0.4) is 0 Å². The third-order valence-corrected chi connectivity index (χ3v) is 1.93. The van der Waals surface area contributed by atoms with Crippen molar-refractivity contribution in [3.63, 3.8) is 0 Å². The molecule has 0 heterocycles. The molecule has 15 heavy (non-hydrogen) atoms. The fourth-order valence-electron chi connectivity index (χ4n) is 1.15. The number of rotatable bonds is 6. The van der Waals surface area contributed by atoms with E-state index in [-0.39, 0.29) is 0 Å². The molecule has 0 amide bonds. The minimum atomic E-state index is -4.29. The maximum Gasteiger partial charge on any atom is 0.414 e. The summed E-state index contributed by atoms with van der Waals surface area (Å²) in [6.45, 7) is 7.53. The summed E-state index contributed by atoms with van der Waals surface area (Å²) in [4.78, 5) is 0. The van der Waals surface area contributed by atoms with Crippen LogP contribution in [-0.2, 0) is 4.74 Å². The maximum absolute atomic E-state index is 12.2. The minimum Gasteiger partial charge on any atom is -0.362 e. The average Bonchev–Trinajstić information content (AvgIpc) is 2.01. The zero-order valence-corrected chi connectivity index (χ0v) is 9.74. The number of ether oxygens (including phenoxy) is 1. The summed E-state index contributed by atoms with van der Waals surface area (Å²) in [5.41, 5.74) is -0.801. The van der Waals surface area contributed by atoms with Gasteiger partial charge in [-0.2, -0.15) is 13.2 Å². The number of halogens is 3. The molecule has 92 valence electrons. The quantitative estimate of drug-likeness (QED) is 0.704. The van der Waals surface area contributed by atoms with Crippen LogP contribution in [0.1, 0.15) is 34.1 Å². The normalized spacial score (nSPS) is 15.4. The highest BCUT2D eigenvalue weighted by atomic mass is 19.4. The Morgan fingerprint density at radius 3 is 2.20 bits per heavy atom. The van der Waals surface area contributed by atoms with E-state index in [9.17, 15) is 13.2 Å². The van der Waals surface area contributed by atoms with Crippen molar-refractivity contribution in [2.45, 2.75) is 52.0 Å². The van der Waals surface area contributed by atoms with Crippen LogP contribution < -0.4 is 5.32 Å². The van der Waals surface area contributed by atoms with Gasteiger partial charge in [-0.1, -0.05) is 6.92 Å². The van der Waals surface area contributed by atoms with Crippen molar-refractivity contribution < 1.29 is 17.9 Å². The van der Waals surface area contributed by atoms with Crippen molar-refractivity contribution in [1.29, 1.82) is 0 Å². The molecule has 0 aliphatic carbocycles. The molecule has 1 atom stereocenters. The predicted molar refractivity (Wildman–Crippen MR) is 53.8 cm³/mol. The monoisotopic (exact) mass is 227 g/mol. The van der Waals surface area contributed by atoms with Gasteiger partial charge in [-0.25, -0.2) is 0 Å². The number of alkyl halides is 3. The van der Waals surface area contributed by atoms with E-state index in [4.69, 9.17) is 4.74 Å². The minimum absolute atomic E-state index is 0.418. The highest BCUT2D eigenvalue weighted by Crippen LogP contribution is 2.26. The maximum atomic E-state index is 12.2. The highest BCUT2D eigenvalue weighted by molar-refractivity contribution is 4.75. The summed E-state index contributed by atoms with van der Waals surface area (Å²) in [7, 11) is 0. The summed E-state index contributed by atoms with van der Waals surface area (Å²) >= 11 is 0. The van der Waals surface area contributed by atoms with Gasteiger partial charge in [-0.05, 0) is 33.7 Å². The first-order valence-corrected chi connectivity index (χ1v) is 5.14.